The molecular formula is C16H18Cl2N2O. The van der Waals surface area contributed by atoms with Crippen LogP contribution < -0.4 is 11.3 Å². The van der Waals surface area contributed by atoms with Gasteiger partial charge in [-0.3, -0.25) is 11.3 Å². The van der Waals surface area contributed by atoms with E-state index in [0.717, 1.165) is 11.1 Å². The Labute approximate surface area is 135 Å². The lowest BCUT2D eigenvalue weighted by molar-refractivity contribution is 0.0679. The zero-order valence-electron chi connectivity index (χ0n) is 11.7. The van der Waals surface area contributed by atoms with Crippen LogP contribution in [0, 0.1) is 0 Å². The fourth-order valence-corrected chi connectivity index (χ4v) is 2.67. The van der Waals surface area contributed by atoms with E-state index in [1.165, 1.54) is 0 Å². The van der Waals surface area contributed by atoms with Crippen molar-refractivity contribution in [1.29, 1.82) is 0 Å². The molecule has 0 fully saturated rings. The highest BCUT2D eigenvalue weighted by molar-refractivity contribution is 6.42. The molecule has 2 aromatic carbocycles. The van der Waals surface area contributed by atoms with E-state index in [1.54, 1.807) is 13.2 Å². The Kier molecular flexibility index (Phi) is 6.03. The van der Waals surface area contributed by atoms with Crippen LogP contribution in [-0.2, 0) is 11.2 Å². The molecule has 2 atom stereocenters. The highest BCUT2D eigenvalue weighted by atomic mass is 35.5. The van der Waals surface area contributed by atoms with Crippen molar-refractivity contribution in [2.24, 2.45) is 5.84 Å². The average Bonchev–Trinajstić information content (AvgIpc) is 2.51. The van der Waals surface area contributed by atoms with Crippen LogP contribution >= 0.6 is 23.2 Å². The van der Waals surface area contributed by atoms with Gasteiger partial charge in [0.2, 0.25) is 0 Å². The summed E-state index contributed by atoms with van der Waals surface area (Å²) in [5, 5.41) is 1.09. The maximum atomic E-state index is 6.06. The van der Waals surface area contributed by atoms with Crippen LogP contribution in [0.25, 0.3) is 0 Å². The maximum absolute atomic E-state index is 6.06. The molecule has 0 saturated heterocycles. The first-order valence-electron chi connectivity index (χ1n) is 6.63. The lowest BCUT2D eigenvalue weighted by Crippen LogP contribution is -2.42. The normalized spacial score (nSPS) is 13.9. The quantitative estimate of drug-likeness (QED) is 0.628. The zero-order valence-corrected chi connectivity index (χ0v) is 13.2. The maximum Gasteiger partial charge on any atom is 0.0990 e. The smallest absolute Gasteiger partial charge is 0.0990 e. The number of hydrogen-bond acceptors (Lipinski definition) is 3. The van der Waals surface area contributed by atoms with Crippen LogP contribution in [0.5, 0.6) is 0 Å². The molecular weight excluding hydrogens is 307 g/mol. The van der Waals surface area contributed by atoms with E-state index in [2.05, 4.69) is 5.43 Å². The Balaban J connectivity index is 2.19. The number of rotatable bonds is 6. The van der Waals surface area contributed by atoms with E-state index < -0.39 is 0 Å². The summed E-state index contributed by atoms with van der Waals surface area (Å²) >= 11 is 12.0. The van der Waals surface area contributed by atoms with Gasteiger partial charge in [0.1, 0.15) is 0 Å². The van der Waals surface area contributed by atoms with Crippen molar-refractivity contribution in [3.63, 3.8) is 0 Å². The number of halogens is 2. The number of methoxy groups -OCH3 is 1. The number of ether oxygens (including phenoxy) is 1. The van der Waals surface area contributed by atoms with Crippen molar-refractivity contribution in [2.75, 3.05) is 7.11 Å². The zero-order chi connectivity index (χ0) is 15.2. The number of nitrogens with two attached hydrogens (primary N) is 1. The molecule has 0 radical (unpaired) electrons. The van der Waals surface area contributed by atoms with Crippen LogP contribution in [0.2, 0.25) is 10.0 Å². The summed E-state index contributed by atoms with van der Waals surface area (Å²) in [6.45, 7) is 0. The van der Waals surface area contributed by atoms with Crippen molar-refractivity contribution >= 4 is 23.2 Å². The highest BCUT2D eigenvalue weighted by Gasteiger charge is 2.22. The van der Waals surface area contributed by atoms with Gasteiger partial charge in [0.15, 0.2) is 0 Å². The minimum atomic E-state index is -0.148. The molecule has 3 nitrogen and oxygen atoms in total. The SMILES string of the molecule is COC(c1ccccc1)C(Cc1ccc(Cl)c(Cl)c1)NN. The first kappa shape index (κ1) is 16.3. The van der Waals surface area contributed by atoms with Crippen LogP contribution in [0.15, 0.2) is 48.5 Å². The summed E-state index contributed by atoms with van der Waals surface area (Å²) in [4.78, 5) is 0. The molecule has 0 saturated carbocycles. The van der Waals surface area contributed by atoms with Gasteiger partial charge in [0.05, 0.1) is 22.2 Å². The Morgan fingerprint density at radius 1 is 1.10 bits per heavy atom. The van der Waals surface area contributed by atoms with Crippen molar-refractivity contribution < 1.29 is 4.74 Å². The summed E-state index contributed by atoms with van der Waals surface area (Å²) in [6, 6.07) is 15.5. The Bertz CT molecular complexity index is 578. The van der Waals surface area contributed by atoms with Gasteiger partial charge in [-0.25, -0.2) is 0 Å². The molecule has 0 aliphatic heterocycles. The van der Waals surface area contributed by atoms with Gasteiger partial charge in [0, 0.05) is 7.11 Å². The minimum Gasteiger partial charge on any atom is -0.375 e. The first-order chi connectivity index (χ1) is 10.2. The number of benzene rings is 2. The number of nitrogens with one attached hydrogen (secondary N) is 1. The second-order valence-corrected chi connectivity index (χ2v) is 5.61. The molecule has 2 rings (SSSR count). The predicted octanol–water partition coefficient (Wildman–Crippen LogP) is 3.76. The standard InChI is InChI=1S/C16H18Cl2N2O/c1-21-16(12-5-3-2-4-6-12)15(20-19)10-11-7-8-13(17)14(18)9-11/h2-9,15-16,20H,10,19H2,1H3. The van der Waals surface area contributed by atoms with Gasteiger partial charge in [-0.2, -0.15) is 0 Å². The largest absolute Gasteiger partial charge is 0.375 e. The van der Waals surface area contributed by atoms with Gasteiger partial charge in [-0.15, -0.1) is 0 Å². The van der Waals surface area contributed by atoms with Crippen LogP contribution in [0.1, 0.15) is 17.2 Å². The third-order valence-electron chi connectivity index (χ3n) is 3.40. The lowest BCUT2D eigenvalue weighted by Gasteiger charge is -2.26. The molecule has 2 unspecified atom stereocenters. The molecule has 2 aromatic rings. The molecule has 0 spiro atoms. The Morgan fingerprint density at radius 2 is 1.81 bits per heavy atom. The van der Waals surface area contributed by atoms with E-state index >= 15 is 0 Å². The summed E-state index contributed by atoms with van der Waals surface area (Å²) < 4.78 is 5.61. The van der Waals surface area contributed by atoms with Crippen molar-refractivity contribution in [1.82, 2.24) is 5.43 Å². The summed E-state index contributed by atoms with van der Waals surface area (Å²) in [7, 11) is 1.68. The van der Waals surface area contributed by atoms with Crippen molar-refractivity contribution in [2.45, 2.75) is 18.6 Å². The van der Waals surface area contributed by atoms with Crippen molar-refractivity contribution in [3.05, 3.63) is 69.7 Å². The Hall–Kier alpha value is -1.10. The van der Waals surface area contributed by atoms with E-state index in [0.29, 0.717) is 16.5 Å². The van der Waals surface area contributed by atoms with Crippen LogP contribution in [0.4, 0.5) is 0 Å². The highest BCUT2D eigenvalue weighted by Crippen LogP contribution is 2.26. The summed E-state index contributed by atoms with van der Waals surface area (Å²) in [5.74, 6) is 5.71. The molecule has 5 heteroatoms. The van der Waals surface area contributed by atoms with E-state index in [4.69, 9.17) is 33.8 Å². The predicted molar refractivity (Wildman–Crippen MR) is 87.5 cm³/mol. The van der Waals surface area contributed by atoms with Gasteiger partial charge in [-0.1, -0.05) is 59.6 Å². The van der Waals surface area contributed by atoms with Gasteiger partial charge in [0.25, 0.3) is 0 Å². The summed E-state index contributed by atoms with van der Waals surface area (Å²) in [6.07, 6.45) is 0.534. The molecule has 0 bridgehead atoms. The number of hydrogen-bond donors (Lipinski definition) is 2. The fraction of sp³-hybridized carbons (Fsp3) is 0.250. The number of hydrazine groups is 1. The van der Waals surface area contributed by atoms with Crippen LogP contribution in [-0.4, -0.2) is 13.2 Å². The summed E-state index contributed by atoms with van der Waals surface area (Å²) in [5.41, 5.74) is 4.95. The second-order valence-electron chi connectivity index (χ2n) is 4.79. The molecule has 0 aromatic heterocycles. The third-order valence-corrected chi connectivity index (χ3v) is 4.14. The molecule has 0 aliphatic rings. The topological polar surface area (TPSA) is 47.3 Å². The molecule has 112 valence electrons. The van der Waals surface area contributed by atoms with Crippen molar-refractivity contribution in [3.8, 4) is 0 Å². The molecule has 0 aliphatic carbocycles. The van der Waals surface area contributed by atoms with E-state index in [9.17, 15) is 0 Å². The average molecular weight is 325 g/mol. The Morgan fingerprint density at radius 3 is 2.38 bits per heavy atom. The molecule has 3 N–H and O–H groups in total. The monoisotopic (exact) mass is 324 g/mol. The molecule has 0 heterocycles. The first-order valence-corrected chi connectivity index (χ1v) is 7.39. The van der Waals surface area contributed by atoms with Crippen LogP contribution in [0.3, 0.4) is 0 Å². The van der Waals surface area contributed by atoms with E-state index in [-0.39, 0.29) is 12.1 Å². The third kappa shape index (κ3) is 4.19. The van der Waals surface area contributed by atoms with Gasteiger partial charge in [-0.05, 0) is 29.7 Å². The minimum absolute atomic E-state index is 0.0744. The van der Waals surface area contributed by atoms with Gasteiger partial charge < -0.3 is 4.74 Å². The second kappa shape index (κ2) is 7.78. The van der Waals surface area contributed by atoms with E-state index in [1.807, 2.05) is 42.5 Å². The van der Waals surface area contributed by atoms with Gasteiger partial charge >= 0.3 is 0 Å². The lowest BCUT2D eigenvalue weighted by atomic mass is 9.96. The molecule has 21 heavy (non-hydrogen) atoms. The molecule has 0 amide bonds. The fourth-order valence-electron chi connectivity index (χ4n) is 2.35.